The molecule has 1 aromatic heterocycles. The number of fused-ring (bicyclic) bond motifs is 1. The number of rotatable bonds is 4. The lowest BCUT2D eigenvalue weighted by Gasteiger charge is -2.25. The molecular formula is C15H19Cl2N3O. The quantitative estimate of drug-likeness (QED) is 0.869. The van der Waals surface area contributed by atoms with E-state index in [0.717, 1.165) is 16.9 Å². The van der Waals surface area contributed by atoms with Gasteiger partial charge in [-0.25, -0.2) is 4.98 Å². The number of hydrogen-bond acceptors (Lipinski definition) is 2. The highest BCUT2D eigenvalue weighted by atomic mass is 35.5. The number of benzene rings is 1. The second kappa shape index (κ2) is 5.85. The van der Waals surface area contributed by atoms with Crippen molar-refractivity contribution >= 4 is 40.1 Å². The van der Waals surface area contributed by atoms with E-state index in [4.69, 9.17) is 23.2 Å². The zero-order valence-electron chi connectivity index (χ0n) is 12.6. The van der Waals surface area contributed by atoms with E-state index >= 15 is 0 Å². The second-order valence-electron chi connectivity index (χ2n) is 5.74. The number of carbonyl (C=O) groups is 1. The summed E-state index contributed by atoms with van der Waals surface area (Å²) >= 11 is 12.6. The van der Waals surface area contributed by atoms with Gasteiger partial charge in [-0.3, -0.25) is 4.79 Å². The van der Waals surface area contributed by atoms with E-state index in [-0.39, 0.29) is 11.3 Å². The van der Waals surface area contributed by atoms with E-state index in [0.29, 0.717) is 11.6 Å². The number of imidazole rings is 1. The first-order valence-electron chi connectivity index (χ1n) is 6.79. The smallest absolute Gasteiger partial charge is 0.227 e. The number of halogens is 2. The Hall–Kier alpha value is -1.26. The zero-order valence-corrected chi connectivity index (χ0v) is 14.1. The molecule has 0 radical (unpaired) electrons. The van der Waals surface area contributed by atoms with E-state index in [1.54, 1.807) is 7.05 Å². The van der Waals surface area contributed by atoms with Crippen LogP contribution in [0.1, 0.15) is 32.0 Å². The highest BCUT2D eigenvalue weighted by Crippen LogP contribution is 2.32. The summed E-state index contributed by atoms with van der Waals surface area (Å²) < 4.78 is 1.95. The normalized spacial score (nSPS) is 13.4. The Morgan fingerprint density at radius 3 is 2.71 bits per heavy atom. The summed E-state index contributed by atoms with van der Waals surface area (Å²) in [7, 11) is 1.63. The summed E-state index contributed by atoms with van der Waals surface area (Å²) in [4.78, 5) is 16.6. The average Bonchev–Trinajstić information content (AvgIpc) is 2.77. The third-order valence-electron chi connectivity index (χ3n) is 3.50. The van der Waals surface area contributed by atoms with Gasteiger partial charge in [-0.1, -0.05) is 17.7 Å². The SMILES string of the molecule is CNC(=O)C(C)(C)Cn1c(C(C)Cl)nc2cccc(Cl)c21. The molecule has 0 aliphatic heterocycles. The van der Waals surface area contributed by atoms with Crippen molar-refractivity contribution in [2.24, 2.45) is 5.41 Å². The minimum absolute atomic E-state index is 0.0374. The molecule has 2 aromatic rings. The van der Waals surface area contributed by atoms with Crippen molar-refractivity contribution < 1.29 is 4.79 Å². The van der Waals surface area contributed by atoms with Gasteiger partial charge in [0.05, 0.1) is 26.8 Å². The monoisotopic (exact) mass is 327 g/mol. The number of para-hydroxylation sites is 1. The van der Waals surface area contributed by atoms with Crippen molar-refractivity contribution in [3.63, 3.8) is 0 Å². The fourth-order valence-electron chi connectivity index (χ4n) is 2.43. The Bertz CT molecular complexity index is 677. The molecule has 1 heterocycles. The van der Waals surface area contributed by atoms with Crippen molar-refractivity contribution in [2.75, 3.05) is 7.05 Å². The molecule has 0 saturated heterocycles. The maximum Gasteiger partial charge on any atom is 0.227 e. The molecule has 114 valence electrons. The number of hydrogen-bond donors (Lipinski definition) is 1. The Kier molecular flexibility index (Phi) is 4.49. The van der Waals surface area contributed by atoms with Crippen LogP contribution in [0.3, 0.4) is 0 Å². The molecule has 0 spiro atoms. The molecule has 6 heteroatoms. The summed E-state index contributed by atoms with van der Waals surface area (Å²) in [6.45, 7) is 6.09. The van der Waals surface area contributed by atoms with Crippen LogP contribution in [0.25, 0.3) is 11.0 Å². The lowest BCUT2D eigenvalue weighted by atomic mass is 9.92. The molecule has 1 atom stereocenters. The number of carbonyl (C=O) groups excluding carboxylic acids is 1. The molecule has 0 aliphatic carbocycles. The molecule has 0 saturated carbocycles. The predicted octanol–water partition coefficient (Wildman–Crippen LogP) is 3.76. The molecule has 1 aromatic carbocycles. The number of aromatic nitrogens is 2. The van der Waals surface area contributed by atoms with Gasteiger partial charge in [0.2, 0.25) is 5.91 Å². The van der Waals surface area contributed by atoms with Gasteiger partial charge in [-0.15, -0.1) is 11.6 Å². The lowest BCUT2D eigenvalue weighted by Crippen LogP contribution is -2.38. The lowest BCUT2D eigenvalue weighted by molar-refractivity contribution is -0.129. The van der Waals surface area contributed by atoms with Crippen LogP contribution in [-0.2, 0) is 11.3 Å². The van der Waals surface area contributed by atoms with Crippen molar-refractivity contribution in [2.45, 2.75) is 32.7 Å². The first kappa shape index (κ1) is 16.1. The zero-order chi connectivity index (χ0) is 15.8. The molecule has 4 nitrogen and oxygen atoms in total. The largest absolute Gasteiger partial charge is 0.359 e. The summed E-state index contributed by atoms with van der Waals surface area (Å²) in [6.07, 6.45) is 0. The molecule has 1 N–H and O–H groups in total. The number of nitrogens with zero attached hydrogens (tertiary/aromatic N) is 2. The van der Waals surface area contributed by atoms with Gasteiger partial charge in [0.1, 0.15) is 5.82 Å². The Morgan fingerprint density at radius 2 is 2.14 bits per heavy atom. The molecule has 1 amide bonds. The van der Waals surface area contributed by atoms with Crippen LogP contribution >= 0.6 is 23.2 Å². The van der Waals surface area contributed by atoms with E-state index in [1.807, 2.05) is 43.5 Å². The van der Waals surface area contributed by atoms with Gasteiger partial charge in [-0.2, -0.15) is 0 Å². The molecule has 2 rings (SSSR count). The van der Waals surface area contributed by atoms with Crippen LogP contribution in [0, 0.1) is 5.41 Å². The van der Waals surface area contributed by atoms with Crippen molar-refractivity contribution in [1.82, 2.24) is 14.9 Å². The van der Waals surface area contributed by atoms with E-state index in [2.05, 4.69) is 10.3 Å². The fraction of sp³-hybridized carbons (Fsp3) is 0.467. The number of alkyl halides is 1. The fourth-order valence-corrected chi connectivity index (χ4v) is 2.87. The highest BCUT2D eigenvalue weighted by molar-refractivity contribution is 6.35. The van der Waals surface area contributed by atoms with Crippen LogP contribution in [0.2, 0.25) is 5.02 Å². The summed E-state index contributed by atoms with van der Waals surface area (Å²) in [5, 5.41) is 3.03. The van der Waals surface area contributed by atoms with Crippen molar-refractivity contribution in [3.8, 4) is 0 Å². The van der Waals surface area contributed by atoms with Crippen LogP contribution in [0.4, 0.5) is 0 Å². The maximum absolute atomic E-state index is 12.1. The Labute approximate surface area is 134 Å². The molecular weight excluding hydrogens is 309 g/mol. The topological polar surface area (TPSA) is 46.9 Å². The van der Waals surface area contributed by atoms with E-state index in [9.17, 15) is 4.79 Å². The second-order valence-corrected chi connectivity index (χ2v) is 6.80. The maximum atomic E-state index is 12.1. The molecule has 0 aliphatic rings. The Morgan fingerprint density at radius 1 is 1.48 bits per heavy atom. The van der Waals surface area contributed by atoms with Crippen LogP contribution in [-0.4, -0.2) is 22.5 Å². The van der Waals surface area contributed by atoms with E-state index in [1.165, 1.54) is 0 Å². The van der Waals surface area contributed by atoms with Crippen molar-refractivity contribution in [1.29, 1.82) is 0 Å². The third-order valence-corrected chi connectivity index (χ3v) is 4.00. The minimum atomic E-state index is -0.595. The molecule has 1 unspecified atom stereocenters. The van der Waals surface area contributed by atoms with E-state index < -0.39 is 5.41 Å². The van der Waals surface area contributed by atoms with Gasteiger partial charge >= 0.3 is 0 Å². The van der Waals surface area contributed by atoms with Crippen molar-refractivity contribution in [3.05, 3.63) is 29.0 Å². The van der Waals surface area contributed by atoms with Crippen LogP contribution in [0.15, 0.2) is 18.2 Å². The first-order valence-corrected chi connectivity index (χ1v) is 7.60. The number of nitrogens with one attached hydrogen (secondary N) is 1. The van der Waals surface area contributed by atoms with Gasteiger partial charge in [-0.05, 0) is 32.9 Å². The van der Waals surface area contributed by atoms with Gasteiger partial charge in [0.15, 0.2) is 0 Å². The highest BCUT2D eigenvalue weighted by Gasteiger charge is 2.30. The third kappa shape index (κ3) is 3.01. The minimum Gasteiger partial charge on any atom is -0.359 e. The molecule has 0 bridgehead atoms. The molecule has 0 fully saturated rings. The van der Waals surface area contributed by atoms with Gasteiger partial charge < -0.3 is 9.88 Å². The summed E-state index contributed by atoms with van der Waals surface area (Å²) in [5.41, 5.74) is 1.01. The predicted molar refractivity (Wildman–Crippen MR) is 86.9 cm³/mol. The van der Waals surface area contributed by atoms with Gasteiger partial charge in [0.25, 0.3) is 0 Å². The first-order chi connectivity index (χ1) is 9.77. The van der Waals surface area contributed by atoms with Gasteiger partial charge in [0, 0.05) is 13.6 Å². The Balaban J connectivity index is 2.61. The standard InChI is InChI=1S/C15H19Cl2N3O/c1-9(16)13-19-11-7-5-6-10(17)12(11)20(13)8-15(2,3)14(21)18-4/h5-7,9H,8H2,1-4H3,(H,18,21). The average molecular weight is 328 g/mol. The number of amides is 1. The van der Waals surface area contributed by atoms with Crippen LogP contribution in [0.5, 0.6) is 0 Å². The van der Waals surface area contributed by atoms with Crippen LogP contribution < -0.4 is 5.32 Å². The summed E-state index contributed by atoms with van der Waals surface area (Å²) in [5.74, 6) is 0.682. The summed E-state index contributed by atoms with van der Waals surface area (Å²) in [6, 6.07) is 5.57. The molecule has 21 heavy (non-hydrogen) atoms.